The van der Waals surface area contributed by atoms with Crippen molar-refractivity contribution < 1.29 is 27.8 Å². The molecule has 1 saturated heterocycles. The van der Waals surface area contributed by atoms with Crippen LogP contribution in [0.25, 0.3) is 0 Å². The fourth-order valence-electron chi connectivity index (χ4n) is 5.56. The molecule has 0 spiro atoms. The van der Waals surface area contributed by atoms with Gasteiger partial charge in [-0.15, -0.1) is 0 Å². The molecule has 0 saturated carbocycles. The second kappa shape index (κ2) is 11.0. The number of aryl methyl sites for hydroxylation is 1. The summed E-state index contributed by atoms with van der Waals surface area (Å²) >= 11 is 0. The van der Waals surface area contributed by atoms with Gasteiger partial charge in [-0.25, -0.2) is 18.2 Å². The summed E-state index contributed by atoms with van der Waals surface area (Å²) in [7, 11) is 1.50. The van der Waals surface area contributed by atoms with Crippen LogP contribution in [0.4, 0.5) is 30.2 Å². The van der Waals surface area contributed by atoms with E-state index in [2.05, 4.69) is 4.90 Å². The van der Waals surface area contributed by atoms with E-state index < -0.39 is 24.5 Å². The minimum absolute atomic E-state index is 0.132. The molecule has 6 nitrogen and oxygen atoms in total. The normalized spacial score (nSPS) is 17.6. The van der Waals surface area contributed by atoms with E-state index in [0.717, 1.165) is 5.69 Å². The van der Waals surface area contributed by atoms with Crippen LogP contribution in [0.3, 0.4) is 0 Å². The number of halogens is 3. The zero-order valence-corrected chi connectivity index (χ0v) is 21.8. The van der Waals surface area contributed by atoms with Gasteiger partial charge in [-0.2, -0.15) is 0 Å². The lowest BCUT2D eigenvalue weighted by Gasteiger charge is -2.43. The summed E-state index contributed by atoms with van der Waals surface area (Å²) in [5.41, 5.74) is 2.98. The topological polar surface area (TPSA) is 65.4 Å². The number of amidine groups is 1. The number of carbonyl (C=O) groups is 1. The Morgan fingerprint density at radius 1 is 1.08 bits per heavy atom. The monoisotopic (exact) mass is 537 g/mol. The highest BCUT2D eigenvalue weighted by atomic mass is 19.1. The molecule has 0 radical (unpaired) electrons. The minimum Gasteiger partial charge on any atom is -0.495 e. The Balaban J connectivity index is 1.58. The molecule has 9 heteroatoms. The smallest absolute Gasteiger partial charge is 0.305 e. The molecule has 5 rings (SSSR count). The number of piperidine rings is 1. The Morgan fingerprint density at radius 3 is 2.51 bits per heavy atom. The van der Waals surface area contributed by atoms with Crippen molar-refractivity contribution in [3.63, 3.8) is 0 Å². The van der Waals surface area contributed by atoms with Crippen molar-refractivity contribution in [3.05, 3.63) is 82.9 Å². The van der Waals surface area contributed by atoms with Crippen molar-refractivity contribution in [3.8, 4) is 5.75 Å². The Kier molecular flexibility index (Phi) is 7.50. The van der Waals surface area contributed by atoms with Gasteiger partial charge in [0.05, 0.1) is 25.3 Å². The number of aliphatic imine (C=N–C) groups is 1. The fourth-order valence-corrected chi connectivity index (χ4v) is 5.56. The summed E-state index contributed by atoms with van der Waals surface area (Å²) in [6.45, 7) is 2.32. The number of rotatable bonds is 7. The van der Waals surface area contributed by atoms with Gasteiger partial charge in [-0.3, -0.25) is 4.79 Å². The first-order valence-electron chi connectivity index (χ1n) is 12.9. The quantitative estimate of drug-likeness (QED) is 0.362. The van der Waals surface area contributed by atoms with E-state index in [1.807, 2.05) is 6.07 Å². The van der Waals surface area contributed by atoms with Gasteiger partial charge < -0.3 is 19.6 Å². The highest BCUT2D eigenvalue weighted by Gasteiger charge is 2.39. The second-order valence-corrected chi connectivity index (χ2v) is 9.97. The van der Waals surface area contributed by atoms with Gasteiger partial charge in [0.25, 0.3) is 0 Å². The molecule has 0 aromatic heterocycles. The summed E-state index contributed by atoms with van der Waals surface area (Å²) in [4.78, 5) is 20.8. The number of aliphatic carboxylic acids is 1. The van der Waals surface area contributed by atoms with Crippen LogP contribution >= 0.6 is 0 Å². The van der Waals surface area contributed by atoms with Gasteiger partial charge in [0.1, 0.15) is 35.6 Å². The maximum absolute atomic E-state index is 15.1. The van der Waals surface area contributed by atoms with Crippen LogP contribution in [0.2, 0.25) is 0 Å². The lowest BCUT2D eigenvalue weighted by Crippen LogP contribution is -2.46. The molecule has 0 aliphatic carbocycles. The number of fused-ring (bicyclic) bond motifs is 1. The second-order valence-electron chi connectivity index (χ2n) is 9.97. The molecule has 1 N–H and O–H groups in total. The SMILES string of the molecule is COc1ccc(CF)cc1N1C(C2CCN(c3ccc(F)c(C)c3)CC2)=Nc2c(F)cccc2C1CC(=O)O. The third kappa shape index (κ3) is 5.17. The van der Waals surface area contributed by atoms with Gasteiger partial charge in [0, 0.05) is 30.3 Å². The maximum Gasteiger partial charge on any atom is 0.305 e. The first-order valence-corrected chi connectivity index (χ1v) is 12.9. The third-order valence-electron chi connectivity index (χ3n) is 7.55. The molecule has 3 aromatic carbocycles. The maximum atomic E-state index is 15.1. The van der Waals surface area contributed by atoms with Crippen molar-refractivity contribution in [1.29, 1.82) is 0 Å². The minimum atomic E-state index is -1.05. The van der Waals surface area contributed by atoms with Crippen molar-refractivity contribution in [2.45, 2.75) is 38.9 Å². The lowest BCUT2D eigenvalue weighted by atomic mass is 9.89. The number of carboxylic acids is 1. The molecule has 39 heavy (non-hydrogen) atoms. The van der Waals surface area contributed by atoms with Gasteiger partial charge >= 0.3 is 5.97 Å². The predicted octanol–water partition coefficient (Wildman–Crippen LogP) is 6.73. The summed E-state index contributed by atoms with van der Waals surface area (Å²) in [6, 6.07) is 13.7. The Morgan fingerprint density at radius 2 is 1.85 bits per heavy atom. The number of hydrogen-bond donors (Lipinski definition) is 1. The van der Waals surface area contributed by atoms with Crippen LogP contribution in [0, 0.1) is 24.5 Å². The highest BCUT2D eigenvalue weighted by molar-refractivity contribution is 6.05. The predicted molar refractivity (Wildman–Crippen MR) is 145 cm³/mol. The summed E-state index contributed by atoms with van der Waals surface area (Å²) < 4.78 is 48.3. The van der Waals surface area contributed by atoms with Crippen molar-refractivity contribution >= 4 is 28.9 Å². The van der Waals surface area contributed by atoms with Crippen molar-refractivity contribution in [1.82, 2.24) is 0 Å². The van der Waals surface area contributed by atoms with Crippen LogP contribution in [0.1, 0.15) is 42.0 Å². The van der Waals surface area contributed by atoms with Crippen molar-refractivity contribution in [2.75, 3.05) is 30.0 Å². The van der Waals surface area contributed by atoms with E-state index in [4.69, 9.17) is 9.73 Å². The van der Waals surface area contributed by atoms with Gasteiger partial charge in [0.2, 0.25) is 0 Å². The molecular formula is C30H30F3N3O3. The van der Waals surface area contributed by atoms with E-state index in [1.54, 1.807) is 48.2 Å². The molecular weight excluding hydrogens is 507 g/mol. The molecule has 0 amide bonds. The Bertz CT molecular complexity index is 1420. The standard InChI is InChI=1S/C30H30F3N3O3/c1-18-14-21(7-8-23(18)32)35-12-10-20(11-13-35)30-34-29-22(4-3-5-24(29)33)25(16-28(37)38)36(30)26-15-19(17-31)6-9-27(26)39-2/h3-9,14-15,20,25H,10-13,16-17H2,1-2H3,(H,37,38). The van der Waals surface area contributed by atoms with Gasteiger partial charge in [-0.1, -0.05) is 18.2 Å². The van der Waals surface area contributed by atoms with Gasteiger partial charge in [-0.05, 0) is 67.3 Å². The average Bonchev–Trinajstić information content (AvgIpc) is 2.94. The number of methoxy groups -OCH3 is 1. The van der Waals surface area contributed by atoms with Crippen LogP contribution in [0.15, 0.2) is 59.6 Å². The van der Waals surface area contributed by atoms with E-state index >= 15 is 4.39 Å². The summed E-state index contributed by atoms with van der Waals surface area (Å²) in [5, 5.41) is 9.87. The molecule has 1 atom stereocenters. The largest absolute Gasteiger partial charge is 0.495 e. The first-order chi connectivity index (χ1) is 18.8. The molecule has 204 valence electrons. The average molecular weight is 538 g/mol. The molecule has 3 aromatic rings. The zero-order chi connectivity index (χ0) is 27.7. The van der Waals surface area contributed by atoms with E-state index in [9.17, 15) is 18.7 Å². The van der Waals surface area contributed by atoms with E-state index in [-0.39, 0.29) is 23.8 Å². The third-order valence-corrected chi connectivity index (χ3v) is 7.55. The highest BCUT2D eigenvalue weighted by Crippen LogP contribution is 2.46. The zero-order valence-electron chi connectivity index (χ0n) is 21.8. The number of carboxylic acid groups (broad SMARTS) is 1. The molecule has 2 heterocycles. The lowest BCUT2D eigenvalue weighted by molar-refractivity contribution is -0.137. The number of alkyl halides is 1. The van der Waals surface area contributed by atoms with Crippen LogP contribution in [-0.2, 0) is 11.5 Å². The molecule has 2 aliphatic rings. The summed E-state index contributed by atoms with van der Waals surface area (Å²) in [5.74, 6) is -0.995. The molecule has 1 fully saturated rings. The molecule has 2 aliphatic heterocycles. The number of nitrogens with zero attached hydrogens (tertiary/aromatic N) is 3. The molecule has 0 bridgehead atoms. The van der Waals surface area contributed by atoms with Gasteiger partial charge in [0.15, 0.2) is 0 Å². The van der Waals surface area contributed by atoms with E-state index in [1.165, 1.54) is 19.2 Å². The number of para-hydroxylation sites is 1. The fraction of sp³-hybridized carbons (Fsp3) is 0.333. The van der Waals surface area contributed by atoms with Crippen molar-refractivity contribution in [2.24, 2.45) is 10.9 Å². The number of hydrogen-bond acceptors (Lipinski definition) is 5. The van der Waals surface area contributed by atoms with Crippen LogP contribution < -0.4 is 14.5 Å². The molecule has 1 unspecified atom stereocenters. The first kappa shape index (κ1) is 26.6. The summed E-state index contributed by atoms with van der Waals surface area (Å²) in [6.07, 6.45) is 0.993. The van der Waals surface area contributed by atoms with Crippen LogP contribution in [0.5, 0.6) is 5.75 Å². The van der Waals surface area contributed by atoms with E-state index in [0.29, 0.717) is 59.9 Å². The number of ether oxygens (including phenoxy) is 1. The Labute approximate surface area is 225 Å². The van der Waals surface area contributed by atoms with Crippen LogP contribution in [-0.4, -0.2) is 37.1 Å². The number of anilines is 2. The number of benzene rings is 3. The Hall–Kier alpha value is -4.01.